The third-order valence-corrected chi connectivity index (χ3v) is 4.08. The molecule has 1 unspecified atom stereocenters. The Morgan fingerprint density at radius 3 is 2.50 bits per heavy atom. The molecule has 1 aliphatic rings. The molecule has 3 heteroatoms. The van der Waals surface area contributed by atoms with Crippen LogP contribution in [-0.2, 0) is 4.74 Å². The van der Waals surface area contributed by atoms with Gasteiger partial charge in [0.1, 0.15) is 0 Å². The summed E-state index contributed by atoms with van der Waals surface area (Å²) in [5, 5.41) is 3.21. The molecule has 1 fully saturated rings. The summed E-state index contributed by atoms with van der Waals surface area (Å²) in [5.74, 6) is 0.964. The predicted molar refractivity (Wildman–Crippen MR) is 78.0 cm³/mol. The first kappa shape index (κ1) is 15.9. The largest absolute Gasteiger partial charge is 0.383 e. The van der Waals surface area contributed by atoms with Crippen molar-refractivity contribution in [2.75, 3.05) is 40.4 Å². The summed E-state index contributed by atoms with van der Waals surface area (Å²) >= 11 is 0. The Bertz CT molecular complexity index is 195. The van der Waals surface area contributed by atoms with Crippen molar-refractivity contribution in [3.8, 4) is 0 Å². The number of nitrogens with zero attached hydrogens (tertiary/aromatic N) is 1. The van der Waals surface area contributed by atoms with Crippen LogP contribution in [0, 0.1) is 5.92 Å². The molecule has 1 atom stereocenters. The molecule has 0 radical (unpaired) electrons. The zero-order valence-corrected chi connectivity index (χ0v) is 12.6. The van der Waals surface area contributed by atoms with Gasteiger partial charge < -0.3 is 10.1 Å². The van der Waals surface area contributed by atoms with E-state index in [1.165, 1.54) is 45.1 Å². The van der Waals surface area contributed by atoms with E-state index in [1.54, 1.807) is 7.11 Å². The molecule has 0 amide bonds. The third kappa shape index (κ3) is 6.72. The minimum absolute atomic E-state index is 0.762. The van der Waals surface area contributed by atoms with Gasteiger partial charge in [-0.15, -0.1) is 0 Å². The fraction of sp³-hybridized carbons (Fsp3) is 1.00. The van der Waals surface area contributed by atoms with Crippen molar-refractivity contribution < 1.29 is 4.74 Å². The molecule has 0 aromatic heterocycles. The second-order valence-electron chi connectivity index (χ2n) is 5.62. The Balaban J connectivity index is 2.10. The average Bonchev–Trinajstić information content (AvgIpc) is 3.20. The van der Waals surface area contributed by atoms with Crippen LogP contribution in [0.25, 0.3) is 0 Å². The Kier molecular flexibility index (Phi) is 8.64. The molecule has 0 aromatic carbocycles. The summed E-state index contributed by atoms with van der Waals surface area (Å²) in [6.07, 6.45) is 8.25. The van der Waals surface area contributed by atoms with Gasteiger partial charge in [-0.1, -0.05) is 12.8 Å². The molecule has 1 rings (SSSR count). The number of methoxy groups -OCH3 is 1. The first-order chi connectivity index (χ1) is 8.79. The molecular weight excluding hydrogens is 224 g/mol. The van der Waals surface area contributed by atoms with Crippen LogP contribution in [0.4, 0.5) is 0 Å². The highest BCUT2D eigenvalue weighted by Crippen LogP contribution is 2.35. The molecule has 0 heterocycles. The second kappa shape index (κ2) is 9.76. The fourth-order valence-corrected chi connectivity index (χ4v) is 2.57. The Labute approximate surface area is 113 Å². The number of hydrogen-bond donors (Lipinski definition) is 1. The van der Waals surface area contributed by atoms with Crippen LogP contribution >= 0.6 is 0 Å². The van der Waals surface area contributed by atoms with Crippen molar-refractivity contribution in [3.63, 3.8) is 0 Å². The Morgan fingerprint density at radius 1 is 1.17 bits per heavy atom. The molecule has 0 aromatic rings. The van der Waals surface area contributed by atoms with Crippen LogP contribution in [0.1, 0.15) is 45.4 Å². The lowest BCUT2D eigenvalue weighted by Crippen LogP contribution is -2.37. The summed E-state index contributed by atoms with van der Waals surface area (Å²) in [4.78, 5) is 2.64. The lowest BCUT2D eigenvalue weighted by Gasteiger charge is -2.29. The van der Waals surface area contributed by atoms with Gasteiger partial charge in [0, 0.05) is 19.7 Å². The molecule has 1 saturated carbocycles. The van der Waals surface area contributed by atoms with Crippen LogP contribution in [0.15, 0.2) is 0 Å². The van der Waals surface area contributed by atoms with Gasteiger partial charge in [-0.2, -0.15) is 0 Å². The standard InChI is InChI=1S/C15H32N2O/c1-14(15-8-9-15)17(12-13-18-3)11-7-5-4-6-10-16-2/h14-16H,4-13H2,1-3H3. The minimum Gasteiger partial charge on any atom is -0.383 e. The van der Waals surface area contributed by atoms with Gasteiger partial charge in [0.25, 0.3) is 0 Å². The molecule has 108 valence electrons. The summed E-state index contributed by atoms with van der Waals surface area (Å²) in [5.41, 5.74) is 0. The van der Waals surface area contributed by atoms with Crippen LogP contribution in [0.5, 0.6) is 0 Å². The maximum atomic E-state index is 5.23. The quantitative estimate of drug-likeness (QED) is 0.543. The van der Waals surface area contributed by atoms with E-state index >= 15 is 0 Å². The Hall–Kier alpha value is -0.120. The van der Waals surface area contributed by atoms with Crippen LogP contribution < -0.4 is 5.32 Å². The summed E-state index contributed by atoms with van der Waals surface area (Å²) in [7, 11) is 3.83. The van der Waals surface area contributed by atoms with E-state index in [4.69, 9.17) is 4.74 Å². The normalized spacial score (nSPS) is 17.3. The van der Waals surface area contributed by atoms with Gasteiger partial charge in [-0.3, -0.25) is 4.90 Å². The zero-order chi connectivity index (χ0) is 13.2. The molecule has 1 N–H and O–H groups in total. The second-order valence-corrected chi connectivity index (χ2v) is 5.62. The SMILES string of the molecule is CNCCCCCCN(CCOC)C(C)C1CC1. The van der Waals surface area contributed by atoms with Crippen molar-refractivity contribution in [1.82, 2.24) is 10.2 Å². The third-order valence-electron chi connectivity index (χ3n) is 4.08. The first-order valence-corrected chi connectivity index (χ1v) is 7.67. The van der Waals surface area contributed by atoms with E-state index in [9.17, 15) is 0 Å². The minimum atomic E-state index is 0.762. The Morgan fingerprint density at radius 2 is 1.89 bits per heavy atom. The average molecular weight is 256 g/mol. The van der Waals surface area contributed by atoms with E-state index in [2.05, 4.69) is 17.1 Å². The highest BCUT2D eigenvalue weighted by atomic mass is 16.5. The predicted octanol–water partition coefficient (Wildman–Crippen LogP) is 2.51. The van der Waals surface area contributed by atoms with Gasteiger partial charge in [0.2, 0.25) is 0 Å². The van der Waals surface area contributed by atoms with Crippen molar-refractivity contribution in [3.05, 3.63) is 0 Å². The fourth-order valence-electron chi connectivity index (χ4n) is 2.57. The highest BCUT2D eigenvalue weighted by molar-refractivity contribution is 4.85. The van der Waals surface area contributed by atoms with Crippen LogP contribution in [0.3, 0.4) is 0 Å². The van der Waals surface area contributed by atoms with E-state index in [1.807, 2.05) is 7.05 Å². The summed E-state index contributed by atoms with van der Waals surface area (Å²) < 4.78 is 5.23. The molecular formula is C15H32N2O. The van der Waals surface area contributed by atoms with Gasteiger partial charge in [-0.05, 0) is 58.7 Å². The lowest BCUT2D eigenvalue weighted by atomic mass is 10.1. The number of rotatable bonds is 12. The van der Waals surface area contributed by atoms with Crippen molar-refractivity contribution in [2.24, 2.45) is 5.92 Å². The highest BCUT2D eigenvalue weighted by Gasteiger charge is 2.31. The topological polar surface area (TPSA) is 24.5 Å². The van der Waals surface area contributed by atoms with Crippen LogP contribution in [0.2, 0.25) is 0 Å². The van der Waals surface area contributed by atoms with Crippen molar-refractivity contribution in [1.29, 1.82) is 0 Å². The summed E-state index contributed by atoms with van der Waals surface area (Å²) in [6.45, 7) is 6.78. The molecule has 0 bridgehead atoms. The van der Waals surface area contributed by atoms with E-state index in [-0.39, 0.29) is 0 Å². The molecule has 0 saturated heterocycles. The zero-order valence-electron chi connectivity index (χ0n) is 12.6. The van der Waals surface area contributed by atoms with Gasteiger partial charge >= 0.3 is 0 Å². The van der Waals surface area contributed by atoms with E-state index in [0.29, 0.717) is 0 Å². The van der Waals surface area contributed by atoms with Crippen molar-refractivity contribution in [2.45, 2.75) is 51.5 Å². The molecule has 0 spiro atoms. The molecule has 18 heavy (non-hydrogen) atoms. The molecule has 3 nitrogen and oxygen atoms in total. The number of ether oxygens (including phenoxy) is 1. The van der Waals surface area contributed by atoms with E-state index in [0.717, 1.165) is 31.7 Å². The maximum Gasteiger partial charge on any atom is 0.0589 e. The molecule has 0 aliphatic heterocycles. The summed E-state index contributed by atoms with van der Waals surface area (Å²) in [6, 6.07) is 0.762. The monoisotopic (exact) mass is 256 g/mol. The van der Waals surface area contributed by atoms with Gasteiger partial charge in [0.05, 0.1) is 6.61 Å². The first-order valence-electron chi connectivity index (χ1n) is 7.67. The molecule has 1 aliphatic carbocycles. The number of unbranched alkanes of at least 4 members (excludes halogenated alkanes) is 3. The lowest BCUT2D eigenvalue weighted by molar-refractivity contribution is 0.115. The van der Waals surface area contributed by atoms with Crippen molar-refractivity contribution >= 4 is 0 Å². The smallest absolute Gasteiger partial charge is 0.0589 e. The maximum absolute atomic E-state index is 5.23. The number of hydrogen-bond acceptors (Lipinski definition) is 3. The number of nitrogens with one attached hydrogen (secondary N) is 1. The van der Waals surface area contributed by atoms with Gasteiger partial charge in [-0.25, -0.2) is 0 Å². The van der Waals surface area contributed by atoms with Gasteiger partial charge in [0.15, 0.2) is 0 Å². The van der Waals surface area contributed by atoms with Crippen LogP contribution in [-0.4, -0.2) is 51.3 Å². The van der Waals surface area contributed by atoms with E-state index < -0.39 is 0 Å².